The first-order chi connectivity index (χ1) is 17.0. The van der Waals surface area contributed by atoms with Crippen molar-refractivity contribution in [2.24, 2.45) is 7.05 Å². The van der Waals surface area contributed by atoms with Gasteiger partial charge in [0.05, 0.1) is 19.3 Å². The zero-order chi connectivity index (χ0) is 25.0. The number of benzene rings is 2. The molecule has 0 aliphatic heterocycles. The Morgan fingerprint density at radius 3 is 2.69 bits per heavy atom. The Kier molecular flexibility index (Phi) is 9.30. The third kappa shape index (κ3) is 8.22. The Balaban J connectivity index is 1.83. The fourth-order valence-electron chi connectivity index (χ4n) is 3.19. The number of nitriles is 1. The lowest BCUT2D eigenvalue weighted by atomic mass is 10.1. The molecule has 35 heavy (non-hydrogen) atoms. The second-order valence-corrected chi connectivity index (χ2v) is 7.85. The van der Waals surface area contributed by atoms with Crippen molar-refractivity contribution in [3.63, 3.8) is 0 Å². The number of hydrogen-bond acceptors (Lipinski definition) is 6. The number of amides is 1. The van der Waals surface area contributed by atoms with Crippen molar-refractivity contribution < 1.29 is 19.0 Å². The molecule has 1 amide bonds. The van der Waals surface area contributed by atoms with Crippen LogP contribution in [-0.2, 0) is 11.8 Å². The number of unbranched alkanes of at least 4 members (excludes halogenated alkanes) is 1. The van der Waals surface area contributed by atoms with Gasteiger partial charge in [-0.2, -0.15) is 10.4 Å². The molecule has 0 saturated heterocycles. The first-order valence-corrected chi connectivity index (χ1v) is 11.2. The number of nitrogens with one attached hydrogen (secondary N) is 1. The van der Waals surface area contributed by atoms with Gasteiger partial charge in [-0.05, 0) is 49.7 Å². The van der Waals surface area contributed by atoms with E-state index in [0.29, 0.717) is 54.5 Å². The Morgan fingerprint density at radius 2 is 1.94 bits per heavy atom. The molecule has 3 aromatic rings. The van der Waals surface area contributed by atoms with Crippen LogP contribution >= 0.6 is 0 Å². The molecule has 2 aromatic carbocycles. The zero-order valence-electron chi connectivity index (χ0n) is 20.1. The number of carbonyl (C=O) groups excluding carboxylic acids is 1. The average molecular weight is 473 g/mol. The van der Waals surface area contributed by atoms with E-state index in [1.54, 1.807) is 49.3 Å². The number of carbonyl (C=O) groups is 1. The van der Waals surface area contributed by atoms with Gasteiger partial charge in [0.15, 0.2) is 5.82 Å². The van der Waals surface area contributed by atoms with E-state index in [4.69, 9.17) is 19.5 Å². The Morgan fingerprint density at radius 1 is 1.14 bits per heavy atom. The Labute approximate surface area is 205 Å². The van der Waals surface area contributed by atoms with Crippen LogP contribution in [0.15, 0.2) is 54.7 Å². The smallest absolute Gasteiger partial charge is 0.257 e. The molecule has 8 nitrogen and oxygen atoms in total. The van der Waals surface area contributed by atoms with Gasteiger partial charge in [-0.3, -0.25) is 9.48 Å². The highest BCUT2D eigenvalue weighted by atomic mass is 16.5. The number of aromatic nitrogens is 2. The molecule has 1 heterocycles. The molecule has 1 aromatic heterocycles. The number of ether oxygens (including phenoxy) is 3. The number of nitrogens with zero attached hydrogens (tertiary/aromatic N) is 3. The molecule has 1 N–H and O–H groups in total. The van der Waals surface area contributed by atoms with Crippen LogP contribution in [0.2, 0.25) is 0 Å². The minimum absolute atomic E-state index is 0.204. The van der Waals surface area contributed by atoms with Crippen molar-refractivity contribution in [1.29, 1.82) is 5.26 Å². The topological polar surface area (TPSA) is 98.4 Å². The second kappa shape index (κ2) is 12.8. The molecule has 0 fully saturated rings. The molecule has 0 unspecified atom stereocenters. The van der Waals surface area contributed by atoms with E-state index >= 15 is 0 Å². The average Bonchev–Trinajstić information content (AvgIpc) is 3.25. The third-order valence-corrected chi connectivity index (χ3v) is 4.75. The fraction of sp³-hybridized carbons (Fsp3) is 0.296. The summed E-state index contributed by atoms with van der Waals surface area (Å²) >= 11 is 0. The summed E-state index contributed by atoms with van der Waals surface area (Å²) in [5, 5.41) is 15.6. The number of anilines is 1. The van der Waals surface area contributed by atoms with E-state index in [9.17, 15) is 4.79 Å². The maximum atomic E-state index is 12.9. The highest BCUT2D eigenvalue weighted by molar-refractivity contribution is 6.04. The van der Waals surface area contributed by atoms with E-state index < -0.39 is 0 Å². The van der Waals surface area contributed by atoms with Crippen molar-refractivity contribution in [2.45, 2.75) is 25.9 Å². The minimum Gasteiger partial charge on any atom is -0.494 e. The summed E-state index contributed by atoms with van der Waals surface area (Å²) in [6.45, 7) is 2.77. The maximum Gasteiger partial charge on any atom is 0.257 e. The van der Waals surface area contributed by atoms with Gasteiger partial charge in [0.1, 0.15) is 17.6 Å². The predicted octanol–water partition coefficient (Wildman–Crippen LogP) is 4.17. The Hall–Kier alpha value is -4.27. The summed E-state index contributed by atoms with van der Waals surface area (Å²) in [5.74, 6) is 7.58. The molecule has 0 saturated carbocycles. The van der Waals surface area contributed by atoms with E-state index in [2.05, 4.69) is 28.3 Å². The maximum absolute atomic E-state index is 12.9. The predicted molar refractivity (Wildman–Crippen MR) is 132 cm³/mol. The fourth-order valence-corrected chi connectivity index (χ4v) is 3.19. The lowest BCUT2D eigenvalue weighted by Crippen LogP contribution is -2.19. The quantitative estimate of drug-likeness (QED) is 0.351. The summed E-state index contributed by atoms with van der Waals surface area (Å²) in [7, 11) is 3.39. The first kappa shape index (κ1) is 25.4. The lowest BCUT2D eigenvalue weighted by molar-refractivity contribution is 0.0917. The number of methoxy groups -OCH3 is 1. The SMILES string of the molecule is COC[C@H](C)Oc1cc(C#Cc2cccc(OCCCC#N)c2)cc(C(=O)Nc2ccn(C)n2)c1. The van der Waals surface area contributed by atoms with E-state index in [1.165, 1.54) is 0 Å². The van der Waals surface area contributed by atoms with Gasteiger partial charge in [0, 0.05) is 49.5 Å². The number of aryl methyl sites for hydroxylation is 1. The summed E-state index contributed by atoms with van der Waals surface area (Å²) in [6, 6.07) is 16.4. The minimum atomic E-state index is -0.315. The third-order valence-electron chi connectivity index (χ3n) is 4.75. The first-order valence-electron chi connectivity index (χ1n) is 11.2. The summed E-state index contributed by atoms with van der Waals surface area (Å²) in [5.41, 5.74) is 1.79. The molecule has 8 heteroatoms. The van der Waals surface area contributed by atoms with Crippen molar-refractivity contribution in [3.8, 4) is 29.4 Å². The molecule has 1 atom stereocenters. The molecule has 0 bridgehead atoms. The largest absolute Gasteiger partial charge is 0.494 e. The normalized spacial score (nSPS) is 11.0. The number of rotatable bonds is 10. The van der Waals surface area contributed by atoms with Gasteiger partial charge in [-0.1, -0.05) is 17.9 Å². The van der Waals surface area contributed by atoms with Gasteiger partial charge < -0.3 is 19.5 Å². The number of hydrogen-bond donors (Lipinski definition) is 1. The van der Waals surface area contributed by atoms with Crippen molar-refractivity contribution >= 4 is 11.7 Å². The van der Waals surface area contributed by atoms with Crippen LogP contribution < -0.4 is 14.8 Å². The Bertz CT molecular complexity index is 1250. The van der Waals surface area contributed by atoms with E-state index in [0.717, 1.165) is 5.56 Å². The summed E-state index contributed by atoms with van der Waals surface area (Å²) < 4.78 is 18.4. The van der Waals surface area contributed by atoms with Crippen LogP contribution in [-0.4, -0.2) is 42.1 Å². The lowest BCUT2D eigenvalue weighted by Gasteiger charge is -2.15. The monoisotopic (exact) mass is 472 g/mol. The molecule has 0 aliphatic carbocycles. The standard InChI is InChI=1S/C27H28N4O4/c1-20(19-33-3)35-25-17-22(15-23(18-25)27(32)29-26-11-13-31(2)30-26)10-9-21-7-6-8-24(16-21)34-14-5-4-12-28/h6-8,11,13,15-18,20H,4-5,14,19H2,1-3H3,(H,29,30,32)/t20-/m0/s1. The van der Waals surface area contributed by atoms with Gasteiger partial charge >= 0.3 is 0 Å². The van der Waals surface area contributed by atoms with Crippen LogP contribution in [0.4, 0.5) is 5.82 Å². The van der Waals surface area contributed by atoms with E-state index in [-0.39, 0.29) is 12.0 Å². The van der Waals surface area contributed by atoms with Crippen molar-refractivity contribution in [3.05, 3.63) is 71.4 Å². The van der Waals surface area contributed by atoms with Crippen LogP contribution in [0.3, 0.4) is 0 Å². The summed E-state index contributed by atoms with van der Waals surface area (Å²) in [6.07, 6.45) is 2.67. The van der Waals surface area contributed by atoms with Crippen LogP contribution in [0.25, 0.3) is 0 Å². The summed E-state index contributed by atoms with van der Waals surface area (Å²) in [4.78, 5) is 12.9. The molecule has 3 rings (SSSR count). The zero-order valence-corrected chi connectivity index (χ0v) is 20.1. The molecular weight excluding hydrogens is 444 g/mol. The van der Waals surface area contributed by atoms with Crippen molar-refractivity contribution in [2.75, 3.05) is 25.6 Å². The second-order valence-electron chi connectivity index (χ2n) is 7.85. The highest BCUT2D eigenvalue weighted by Gasteiger charge is 2.12. The molecule has 180 valence electrons. The van der Waals surface area contributed by atoms with Gasteiger partial charge in [-0.25, -0.2) is 0 Å². The van der Waals surface area contributed by atoms with Gasteiger partial charge in [-0.15, -0.1) is 0 Å². The molecule has 0 spiro atoms. The molecule has 0 aliphatic rings. The van der Waals surface area contributed by atoms with Crippen molar-refractivity contribution in [1.82, 2.24) is 9.78 Å². The van der Waals surface area contributed by atoms with Crippen LogP contribution in [0, 0.1) is 23.2 Å². The van der Waals surface area contributed by atoms with Gasteiger partial charge in [0.25, 0.3) is 5.91 Å². The molecular formula is C27H28N4O4. The highest BCUT2D eigenvalue weighted by Crippen LogP contribution is 2.20. The van der Waals surface area contributed by atoms with E-state index in [1.807, 2.05) is 31.2 Å². The van der Waals surface area contributed by atoms with Crippen LogP contribution in [0.5, 0.6) is 11.5 Å². The van der Waals surface area contributed by atoms with Crippen LogP contribution in [0.1, 0.15) is 41.3 Å². The van der Waals surface area contributed by atoms with Gasteiger partial charge in [0.2, 0.25) is 0 Å². The molecule has 0 radical (unpaired) electrons.